The zero-order valence-corrected chi connectivity index (χ0v) is 22.3. The minimum Gasteiger partial charge on any atom is -0.457 e. The first-order valence-corrected chi connectivity index (χ1v) is 14.2. The van der Waals surface area contributed by atoms with Crippen LogP contribution >= 0.6 is 11.8 Å². The molecule has 2 aromatic carbocycles. The number of aliphatic hydroxyl groups excluding tert-OH is 1. The molecule has 3 rings (SSSR count). The van der Waals surface area contributed by atoms with E-state index in [1.165, 1.54) is 47.6 Å². The standard InChI is InChI=1S/C29H40N2O4S/c1-2-3-4-7-24-9-11-27-21-25(10-12-26(27)20-24)8-5-16-34-22-28(23-36-19-18-33-17-15-32)35-29-30-13-6-14-31-29/h6,9-14,20-21,28,32H,2-5,7-8,15-19,22-23H2,1H3. The number of nitrogens with zero attached hydrogens (tertiary/aromatic N) is 2. The Balaban J connectivity index is 1.40. The molecule has 0 aliphatic carbocycles. The van der Waals surface area contributed by atoms with Crippen LogP contribution in [-0.2, 0) is 22.3 Å². The van der Waals surface area contributed by atoms with Crippen LogP contribution in [0.4, 0.5) is 0 Å². The third-order valence-electron chi connectivity index (χ3n) is 5.82. The van der Waals surface area contributed by atoms with Crippen molar-refractivity contribution in [1.82, 2.24) is 9.97 Å². The average molecular weight is 513 g/mol. The van der Waals surface area contributed by atoms with Crippen LogP contribution in [-0.4, -0.2) is 65.7 Å². The Bertz CT molecular complexity index is 989. The summed E-state index contributed by atoms with van der Waals surface area (Å²) in [4.78, 5) is 8.34. The van der Waals surface area contributed by atoms with E-state index in [4.69, 9.17) is 19.3 Å². The highest BCUT2D eigenvalue weighted by Crippen LogP contribution is 2.20. The Hall–Kier alpha value is -2.19. The molecule has 1 aromatic heterocycles. The summed E-state index contributed by atoms with van der Waals surface area (Å²) in [5, 5.41) is 11.4. The molecule has 1 unspecified atom stereocenters. The largest absolute Gasteiger partial charge is 0.457 e. The van der Waals surface area contributed by atoms with Gasteiger partial charge < -0.3 is 19.3 Å². The second kappa shape index (κ2) is 17.3. The van der Waals surface area contributed by atoms with Crippen LogP contribution in [0.15, 0.2) is 54.9 Å². The van der Waals surface area contributed by atoms with Gasteiger partial charge in [-0.2, -0.15) is 11.8 Å². The molecule has 0 radical (unpaired) electrons. The maximum absolute atomic E-state index is 8.80. The summed E-state index contributed by atoms with van der Waals surface area (Å²) in [6.45, 7) is 4.44. The molecule has 1 N–H and O–H groups in total. The smallest absolute Gasteiger partial charge is 0.316 e. The molecule has 1 heterocycles. The first-order valence-electron chi connectivity index (χ1n) is 13.1. The number of ether oxygens (including phenoxy) is 3. The van der Waals surface area contributed by atoms with Crippen molar-refractivity contribution in [2.75, 3.05) is 44.5 Å². The quantitative estimate of drug-likeness (QED) is 0.213. The van der Waals surface area contributed by atoms with Crippen molar-refractivity contribution < 1.29 is 19.3 Å². The number of aliphatic hydroxyl groups is 1. The van der Waals surface area contributed by atoms with E-state index in [0.29, 0.717) is 32.4 Å². The van der Waals surface area contributed by atoms with E-state index in [1.54, 1.807) is 30.2 Å². The van der Waals surface area contributed by atoms with Crippen molar-refractivity contribution in [1.29, 1.82) is 0 Å². The lowest BCUT2D eigenvalue weighted by Crippen LogP contribution is -2.27. The Kier molecular flexibility index (Phi) is 13.6. The Morgan fingerprint density at radius 2 is 1.58 bits per heavy atom. The number of rotatable bonds is 19. The monoisotopic (exact) mass is 512 g/mol. The van der Waals surface area contributed by atoms with Crippen molar-refractivity contribution in [2.24, 2.45) is 0 Å². The van der Waals surface area contributed by atoms with Gasteiger partial charge in [-0.25, -0.2) is 9.97 Å². The number of fused-ring (bicyclic) bond motifs is 1. The van der Waals surface area contributed by atoms with E-state index < -0.39 is 0 Å². The average Bonchev–Trinajstić information content (AvgIpc) is 2.91. The number of unbranched alkanes of at least 4 members (excludes halogenated alkanes) is 2. The predicted octanol–water partition coefficient (Wildman–Crippen LogP) is 5.50. The first kappa shape index (κ1) is 28.4. The molecule has 36 heavy (non-hydrogen) atoms. The van der Waals surface area contributed by atoms with E-state index in [2.05, 4.69) is 53.3 Å². The van der Waals surface area contributed by atoms with Crippen LogP contribution < -0.4 is 4.74 Å². The van der Waals surface area contributed by atoms with Gasteiger partial charge in [-0.1, -0.05) is 56.2 Å². The SMILES string of the molecule is CCCCCc1ccc2cc(CCCOCC(CSCCOCCO)Oc3ncccn3)ccc2c1. The van der Waals surface area contributed by atoms with Crippen LogP contribution in [0.3, 0.4) is 0 Å². The van der Waals surface area contributed by atoms with Crippen molar-refractivity contribution in [3.8, 4) is 6.01 Å². The Morgan fingerprint density at radius 1 is 0.861 bits per heavy atom. The van der Waals surface area contributed by atoms with Crippen molar-refractivity contribution in [2.45, 2.75) is 51.6 Å². The second-order valence-electron chi connectivity index (χ2n) is 8.83. The van der Waals surface area contributed by atoms with Gasteiger partial charge in [-0.05, 0) is 53.6 Å². The van der Waals surface area contributed by atoms with Gasteiger partial charge in [0.05, 0.1) is 26.4 Å². The fourth-order valence-electron chi connectivity index (χ4n) is 3.94. The molecule has 0 spiro atoms. The number of aryl methyl sites for hydroxylation is 2. The van der Waals surface area contributed by atoms with Gasteiger partial charge in [0, 0.05) is 30.5 Å². The number of hydrogen-bond acceptors (Lipinski definition) is 7. The van der Waals surface area contributed by atoms with Crippen LogP contribution in [0, 0.1) is 0 Å². The lowest BCUT2D eigenvalue weighted by Gasteiger charge is -2.17. The molecule has 1 atom stereocenters. The molecule has 0 aliphatic heterocycles. The van der Waals surface area contributed by atoms with E-state index in [9.17, 15) is 0 Å². The fraction of sp³-hybridized carbons (Fsp3) is 0.517. The zero-order chi connectivity index (χ0) is 25.3. The summed E-state index contributed by atoms with van der Waals surface area (Å²) in [7, 11) is 0. The van der Waals surface area contributed by atoms with Gasteiger partial charge in [0.25, 0.3) is 0 Å². The molecule has 0 amide bonds. The predicted molar refractivity (Wildman–Crippen MR) is 148 cm³/mol. The van der Waals surface area contributed by atoms with Crippen molar-refractivity contribution in [3.05, 3.63) is 66.0 Å². The maximum atomic E-state index is 8.80. The summed E-state index contributed by atoms with van der Waals surface area (Å²) in [6, 6.07) is 15.8. The third-order valence-corrected chi connectivity index (χ3v) is 6.88. The van der Waals surface area contributed by atoms with Gasteiger partial charge in [-0.3, -0.25) is 0 Å². The molecule has 196 valence electrons. The van der Waals surface area contributed by atoms with Gasteiger partial charge in [0.15, 0.2) is 0 Å². The highest BCUT2D eigenvalue weighted by atomic mass is 32.2. The van der Waals surface area contributed by atoms with Gasteiger partial charge in [0.1, 0.15) is 6.10 Å². The maximum Gasteiger partial charge on any atom is 0.316 e. The highest BCUT2D eigenvalue weighted by molar-refractivity contribution is 7.99. The normalized spacial score (nSPS) is 12.2. The third kappa shape index (κ3) is 10.8. The summed E-state index contributed by atoms with van der Waals surface area (Å²) < 4.78 is 17.2. The minimum absolute atomic E-state index is 0.0504. The van der Waals surface area contributed by atoms with Gasteiger partial charge in [-0.15, -0.1) is 0 Å². The molecule has 0 aliphatic rings. The lowest BCUT2D eigenvalue weighted by molar-refractivity contribution is 0.0550. The number of benzene rings is 2. The van der Waals surface area contributed by atoms with E-state index in [1.807, 2.05) is 0 Å². The summed E-state index contributed by atoms with van der Waals surface area (Å²) in [6.07, 6.45) is 10.1. The number of hydrogen-bond donors (Lipinski definition) is 1. The molecule has 0 fully saturated rings. The Morgan fingerprint density at radius 3 is 2.28 bits per heavy atom. The van der Waals surface area contributed by atoms with Gasteiger partial charge in [0.2, 0.25) is 0 Å². The molecule has 0 saturated carbocycles. The molecule has 3 aromatic rings. The van der Waals surface area contributed by atoms with Crippen LogP contribution in [0.2, 0.25) is 0 Å². The summed E-state index contributed by atoms with van der Waals surface area (Å²) in [5.74, 6) is 1.59. The fourth-order valence-corrected chi connectivity index (χ4v) is 4.77. The molecule has 6 nitrogen and oxygen atoms in total. The van der Waals surface area contributed by atoms with Crippen LogP contribution in [0.5, 0.6) is 6.01 Å². The topological polar surface area (TPSA) is 73.7 Å². The molecular weight excluding hydrogens is 472 g/mol. The second-order valence-corrected chi connectivity index (χ2v) is 9.98. The zero-order valence-electron chi connectivity index (χ0n) is 21.4. The molecule has 7 heteroatoms. The minimum atomic E-state index is -0.137. The van der Waals surface area contributed by atoms with Crippen LogP contribution in [0.1, 0.15) is 43.7 Å². The van der Waals surface area contributed by atoms with E-state index >= 15 is 0 Å². The van der Waals surface area contributed by atoms with Crippen LogP contribution in [0.25, 0.3) is 10.8 Å². The molecule has 0 bridgehead atoms. The lowest BCUT2D eigenvalue weighted by atomic mass is 10.00. The van der Waals surface area contributed by atoms with Gasteiger partial charge >= 0.3 is 6.01 Å². The van der Waals surface area contributed by atoms with E-state index in [-0.39, 0.29) is 12.7 Å². The van der Waals surface area contributed by atoms with E-state index in [0.717, 1.165) is 24.3 Å². The van der Waals surface area contributed by atoms with Crippen molar-refractivity contribution >= 4 is 22.5 Å². The molecular formula is C29H40N2O4S. The highest BCUT2D eigenvalue weighted by Gasteiger charge is 2.13. The number of aromatic nitrogens is 2. The summed E-state index contributed by atoms with van der Waals surface area (Å²) in [5.41, 5.74) is 2.78. The summed E-state index contributed by atoms with van der Waals surface area (Å²) >= 11 is 1.73. The Labute approximate surface area is 219 Å². The number of thioether (sulfide) groups is 1. The first-order chi connectivity index (χ1) is 17.8. The van der Waals surface area contributed by atoms with Crippen molar-refractivity contribution in [3.63, 3.8) is 0 Å². The molecule has 0 saturated heterocycles.